The van der Waals surface area contributed by atoms with Crippen LogP contribution in [0.1, 0.15) is 34.2 Å². The van der Waals surface area contributed by atoms with Gasteiger partial charge in [0.05, 0.1) is 0 Å². The number of hydrogen-bond acceptors (Lipinski definition) is 8. The second-order valence-electron chi connectivity index (χ2n) is 4.89. The van der Waals surface area contributed by atoms with Crippen LogP contribution in [0, 0.1) is 6.92 Å². The molecule has 2 aromatic rings. The summed E-state index contributed by atoms with van der Waals surface area (Å²) in [6.45, 7) is 2.15. The lowest BCUT2D eigenvalue weighted by Gasteiger charge is -2.01. The van der Waals surface area contributed by atoms with Crippen LogP contribution < -0.4 is 16.4 Å². The number of nitrogen functional groups attached to an aromatic ring is 1. The Labute approximate surface area is 125 Å². The van der Waals surface area contributed by atoms with Crippen LogP contribution in [0.2, 0.25) is 0 Å². The number of nitrogens with two attached hydrogens (primary N) is 1. The van der Waals surface area contributed by atoms with Crippen molar-refractivity contribution in [1.82, 2.24) is 20.4 Å². The van der Waals surface area contributed by atoms with Crippen LogP contribution in [-0.2, 0) is 6.42 Å². The molecule has 0 bridgehead atoms. The molecule has 3 rings (SSSR count). The van der Waals surface area contributed by atoms with Gasteiger partial charge in [-0.25, -0.2) is 4.98 Å². The molecule has 1 amide bonds. The highest BCUT2D eigenvalue weighted by molar-refractivity contribution is 7.18. The van der Waals surface area contributed by atoms with Crippen molar-refractivity contribution >= 4 is 28.2 Å². The monoisotopic (exact) mass is 308 g/mol. The van der Waals surface area contributed by atoms with Crippen molar-refractivity contribution in [2.75, 3.05) is 17.6 Å². The van der Waals surface area contributed by atoms with Gasteiger partial charge in [-0.05, 0) is 19.8 Å². The SMILES string of the molecule is Cc1noc(CCNC(=O)c2sc(NC3CC3)nc2N)n1. The summed E-state index contributed by atoms with van der Waals surface area (Å²) in [5.41, 5.74) is 5.78. The summed E-state index contributed by atoms with van der Waals surface area (Å²) in [6, 6.07) is 0.479. The minimum absolute atomic E-state index is 0.231. The molecule has 1 aliphatic rings. The number of anilines is 2. The summed E-state index contributed by atoms with van der Waals surface area (Å²) in [5.74, 6) is 1.11. The molecular weight excluding hydrogens is 292 g/mol. The van der Waals surface area contributed by atoms with E-state index in [2.05, 4.69) is 25.8 Å². The van der Waals surface area contributed by atoms with Gasteiger partial charge in [0.15, 0.2) is 11.0 Å². The topological polar surface area (TPSA) is 119 Å². The summed E-state index contributed by atoms with van der Waals surface area (Å²) in [6.07, 6.45) is 2.77. The third-order valence-corrected chi connectivity index (χ3v) is 3.96. The Kier molecular flexibility index (Phi) is 3.74. The fourth-order valence-electron chi connectivity index (χ4n) is 1.76. The van der Waals surface area contributed by atoms with E-state index in [1.165, 1.54) is 11.3 Å². The van der Waals surface area contributed by atoms with Crippen LogP contribution >= 0.6 is 11.3 Å². The third-order valence-electron chi connectivity index (χ3n) is 2.96. The Balaban J connectivity index is 1.53. The molecule has 4 N–H and O–H groups in total. The maximum Gasteiger partial charge on any atom is 0.265 e. The molecule has 2 aromatic heterocycles. The quantitative estimate of drug-likeness (QED) is 0.727. The van der Waals surface area contributed by atoms with E-state index in [1.807, 2.05) is 0 Å². The molecule has 8 nitrogen and oxygen atoms in total. The van der Waals surface area contributed by atoms with E-state index >= 15 is 0 Å². The number of carbonyl (C=O) groups is 1. The highest BCUT2D eigenvalue weighted by atomic mass is 32.1. The number of thiazole rings is 1. The van der Waals surface area contributed by atoms with E-state index < -0.39 is 0 Å². The average molecular weight is 308 g/mol. The number of aromatic nitrogens is 3. The van der Waals surface area contributed by atoms with Crippen molar-refractivity contribution in [1.29, 1.82) is 0 Å². The summed E-state index contributed by atoms with van der Waals surface area (Å²) >= 11 is 1.28. The number of amides is 1. The zero-order valence-corrected chi connectivity index (χ0v) is 12.4. The number of nitrogens with one attached hydrogen (secondary N) is 2. The second kappa shape index (κ2) is 5.68. The summed E-state index contributed by atoms with van der Waals surface area (Å²) in [5, 5.41) is 10.4. The van der Waals surface area contributed by atoms with Gasteiger partial charge in [-0.1, -0.05) is 16.5 Å². The van der Waals surface area contributed by atoms with Gasteiger partial charge in [-0.2, -0.15) is 4.98 Å². The molecule has 2 heterocycles. The Bertz CT molecular complexity index is 648. The molecule has 0 aromatic carbocycles. The predicted octanol–water partition coefficient (Wildman–Crippen LogP) is 0.964. The van der Waals surface area contributed by atoms with Crippen molar-refractivity contribution in [3.8, 4) is 0 Å². The minimum Gasteiger partial charge on any atom is -0.382 e. The fourth-order valence-corrected chi connectivity index (χ4v) is 2.64. The highest BCUT2D eigenvalue weighted by Crippen LogP contribution is 2.30. The number of carbonyl (C=O) groups excluding carboxylic acids is 1. The van der Waals surface area contributed by atoms with Crippen molar-refractivity contribution in [2.45, 2.75) is 32.2 Å². The summed E-state index contributed by atoms with van der Waals surface area (Å²) < 4.78 is 4.97. The number of aryl methyl sites for hydroxylation is 1. The minimum atomic E-state index is -0.231. The normalized spacial score (nSPS) is 14.1. The van der Waals surface area contributed by atoms with Crippen LogP contribution in [0.3, 0.4) is 0 Å². The molecule has 21 heavy (non-hydrogen) atoms. The molecule has 1 fully saturated rings. The van der Waals surface area contributed by atoms with E-state index in [0.29, 0.717) is 40.7 Å². The van der Waals surface area contributed by atoms with Crippen LogP contribution in [-0.4, -0.2) is 33.6 Å². The van der Waals surface area contributed by atoms with Crippen molar-refractivity contribution in [2.24, 2.45) is 0 Å². The van der Waals surface area contributed by atoms with Gasteiger partial charge < -0.3 is 20.9 Å². The van der Waals surface area contributed by atoms with E-state index in [1.54, 1.807) is 6.92 Å². The number of nitrogens with zero attached hydrogens (tertiary/aromatic N) is 3. The van der Waals surface area contributed by atoms with E-state index in [4.69, 9.17) is 10.3 Å². The molecule has 0 saturated heterocycles. The summed E-state index contributed by atoms with van der Waals surface area (Å²) in [4.78, 5) is 20.7. The molecular formula is C12H16N6O2S. The van der Waals surface area contributed by atoms with Gasteiger partial charge in [0.25, 0.3) is 5.91 Å². The van der Waals surface area contributed by atoms with Crippen LogP contribution in [0.5, 0.6) is 0 Å². The lowest BCUT2D eigenvalue weighted by Crippen LogP contribution is -2.25. The van der Waals surface area contributed by atoms with Crippen molar-refractivity contribution in [3.63, 3.8) is 0 Å². The second-order valence-corrected chi connectivity index (χ2v) is 5.89. The molecule has 9 heteroatoms. The van der Waals surface area contributed by atoms with E-state index in [0.717, 1.165) is 12.8 Å². The van der Waals surface area contributed by atoms with Gasteiger partial charge in [-0.3, -0.25) is 4.79 Å². The average Bonchev–Trinajstić information content (AvgIpc) is 3.03. The van der Waals surface area contributed by atoms with Gasteiger partial charge in [-0.15, -0.1) is 0 Å². The Morgan fingerprint density at radius 3 is 2.95 bits per heavy atom. The van der Waals surface area contributed by atoms with Crippen molar-refractivity contribution in [3.05, 3.63) is 16.6 Å². The number of rotatable bonds is 6. The number of hydrogen-bond donors (Lipinski definition) is 3. The standard InChI is InChI=1S/C12H16N6O2S/c1-6-15-8(20-18-6)4-5-14-11(19)9-10(13)17-12(21-9)16-7-2-3-7/h7H,2-5,13H2,1H3,(H,14,19)(H,16,17). The van der Waals surface area contributed by atoms with Gasteiger partial charge >= 0.3 is 0 Å². The van der Waals surface area contributed by atoms with Crippen LogP contribution in [0.4, 0.5) is 10.9 Å². The lowest BCUT2D eigenvalue weighted by molar-refractivity contribution is 0.0958. The van der Waals surface area contributed by atoms with E-state index in [-0.39, 0.29) is 11.7 Å². The summed E-state index contributed by atoms with van der Waals surface area (Å²) in [7, 11) is 0. The van der Waals surface area contributed by atoms with Crippen molar-refractivity contribution < 1.29 is 9.32 Å². The molecule has 1 saturated carbocycles. The Morgan fingerprint density at radius 2 is 2.29 bits per heavy atom. The largest absolute Gasteiger partial charge is 0.382 e. The molecule has 0 unspecified atom stereocenters. The third kappa shape index (κ3) is 3.48. The first-order valence-corrected chi connectivity index (χ1v) is 7.53. The molecule has 1 aliphatic carbocycles. The molecule has 0 aliphatic heterocycles. The smallest absolute Gasteiger partial charge is 0.265 e. The first-order valence-electron chi connectivity index (χ1n) is 6.72. The highest BCUT2D eigenvalue weighted by Gasteiger charge is 2.24. The Morgan fingerprint density at radius 1 is 1.48 bits per heavy atom. The maximum absolute atomic E-state index is 12.1. The van der Waals surface area contributed by atoms with Crippen LogP contribution in [0.15, 0.2) is 4.52 Å². The first kappa shape index (κ1) is 13.8. The molecule has 0 atom stereocenters. The zero-order valence-electron chi connectivity index (χ0n) is 11.5. The van der Waals surface area contributed by atoms with Crippen LogP contribution in [0.25, 0.3) is 0 Å². The van der Waals surface area contributed by atoms with Gasteiger partial charge in [0.2, 0.25) is 5.89 Å². The molecule has 0 spiro atoms. The van der Waals surface area contributed by atoms with Gasteiger partial charge in [0, 0.05) is 19.0 Å². The van der Waals surface area contributed by atoms with Gasteiger partial charge in [0.1, 0.15) is 10.7 Å². The molecule has 112 valence electrons. The first-order chi connectivity index (χ1) is 10.1. The fraction of sp³-hybridized carbons (Fsp3) is 0.500. The molecule has 0 radical (unpaired) electrons. The maximum atomic E-state index is 12.1. The zero-order chi connectivity index (χ0) is 14.8. The van der Waals surface area contributed by atoms with E-state index in [9.17, 15) is 4.79 Å². The lowest BCUT2D eigenvalue weighted by atomic mass is 10.4. The predicted molar refractivity (Wildman–Crippen MR) is 78.2 cm³/mol. The Hall–Kier alpha value is -2.16.